The molecule has 1 aliphatic carbocycles. The quantitative estimate of drug-likeness (QED) is 0.837. The van der Waals surface area contributed by atoms with Gasteiger partial charge in [0.1, 0.15) is 5.75 Å². The molecule has 0 aliphatic heterocycles. The Hall–Kier alpha value is -2.29. The average Bonchev–Trinajstić information content (AvgIpc) is 2.90. The van der Waals surface area contributed by atoms with E-state index in [1.165, 1.54) is 11.3 Å². The van der Waals surface area contributed by atoms with E-state index in [2.05, 4.69) is 37.4 Å². The standard InChI is InChI=1S/C17H18N2O/c1-13-12-19(15-8-4-3-5-9-15)18-17(13)14-7-6-10-16(11-14)20-2/h3-4,6-8,10-12H,5,9H2,1-2H3. The minimum atomic E-state index is 0.858. The van der Waals surface area contributed by atoms with E-state index in [0.29, 0.717) is 0 Å². The highest BCUT2D eigenvalue weighted by atomic mass is 16.5. The predicted octanol–water partition coefficient (Wildman–Crippen LogP) is 4.06. The van der Waals surface area contributed by atoms with Crippen LogP contribution in [0.5, 0.6) is 5.75 Å². The van der Waals surface area contributed by atoms with Crippen molar-refractivity contribution >= 4 is 5.70 Å². The van der Waals surface area contributed by atoms with Crippen LogP contribution in [0, 0.1) is 6.92 Å². The molecule has 0 fully saturated rings. The van der Waals surface area contributed by atoms with Gasteiger partial charge in [0.15, 0.2) is 0 Å². The molecular weight excluding hydrogens is 248 g/mol. The molecule has 0 atom stereocenters. The van der Waals surface area contributed by atoms with Gasteiger partial charge in [-0.15, -0.1) is 0 Å². The first-order valence-electron chi connectivity index (χ1n) is 6.84. The molecule has 1 aromatic heterocycles. The van der Waals surface area contributed by atoms with Gasteiger partial charge in [-0.25, -0.2) is 4.68 Å². The van der Waals surface area contributed by atoms with Gasteiger partial charge in [-0.3, -0.25) is 0 Å². The van der Waals surface area contributed by atoms with Gasteiger partial charge in [0, 0.05) is 17.5 Å². The van der Waals surface area contributed by atoms with Crippen LogP contribution in [0.15, 0.2) is 48.7 Å². The Morgan fingerprint density at radius 1 is 1.30 bits per heavy atom. The van der Waals surface area contributed by atoms with Crippen molar-refractivity contribution < 1.29 is 4.74 Å². The molecule has 3 nitrogen and oxygen atoms in total. The molecule has 0 spiro atoms. The highest BCUT2D eigenvalue weighted by molar-refractivity contribution is 5.65. The van der Waals surface area contributed by atoms with Crippen LogP contribution in [0.1, 0.15) is 18.4 Å². The van der Waals surface area contributed by atoms with Crippen LogP contribution in [0.4, 0.5) is 0 Å². The third-order valence-corrected chi connectivity index (χ3v) is 3.53. The van der Waals surface area contributed by atoms with Crippen molar-refractivity contribution in [2.24, 2.45) is 0 Å². The summed E-state index contributed by atoms with van der Waals surface area (Å²) in [7, 11) is 1.68. The summed E-state index contributed by atoms with van der Waals surface area (Å²) in [6, 6.07) is 8.03. The first-order valence-corrected chi connectivity index (χ1v) is 6.84. The van der Waals surface area contributed by atoms with Gasteiger partial charge in [0.05, 0.1) is 12.8 Å². The second-order valence-electron chi connectivity index (χ2n) is 4.96. The zero-order valence-electron chi connectivity index (χ0n) is 11.8. The second-order valence-corrected chi connectivity index (χ2v) is 4.96. The zero-order chi connectivity index (χ0) is 13.9. The van der Waals surface area contributed by atoms with Gasteiger partial charge in [-0.1, -0.05) is 24.3 Å². The average molecular weight is 266 g/mol. The third-order valence-electron chi connectivity index (χ3n) is 3.53. The Labute approximate surface area is 119 Å². The van der Waals surface area contributed by atoms with Crippen LogP contribution in [-0.2, 0) is 0 Å². The van der Waals surface area contributed by atoms with E-state index >= 15 is 0 Å². The number of benzene rings is 1. The SMILES string of the molecule is COc1cccc(-c2nn(C3=CC=CCC3)cc2C)c1. The number of aryl methyl sites for hydroxylation is 1. The van der Waals surface area contributed by atoms with Crippen LogP contribution in [0.25, 0.3) is 17.0 Å². The summed E-state index contributed by atoms with van der Waals surface area (Å²) in [5.41, 5.74) is 4.52. The van der Waals surface area contributed by atoms with E-state index in [-0.39, 0.29) is 0 Å². The molecule has 1 aromatic carbocycles. The Balaban J connectivity index is 2.00. The highest BCUT2D eigenvalue weighted by Gasteiger charge is 2.11. The van der Waals surface area contributed by atoms with Gasteiger partial charge in [0.25, 0.3) is 0 Å². The molecule has 1 aliphatic rings. The molecule has 0 N–H and O–H groups in total. The van der Waals surface area contributed by atoms with Crippen molar-refractivity contribution in [1.82, 2.24) is 9.78 Å². The van der Waals surface area contributed by atoms with Gasteiger partial charge in [-0.05, 0) is 43.5 Å². The molecule has 3 rings (SSSR count). The van der Waals surface area contributed by atoms with E-state index in [1.807, 2.05) is 22.9 Å². The zero-order valence-corrected chi connectivity index (χ0v) is 11.8. The van der Waals surface area contributed by atoms with Gasteiger partial charge in [-0.2, -0.15) is 5.10 Å². The number of nitrogens with zero attached hydrogens (tertiary/aromatic N) is 2. The molecule has 0 saturated heterocycles. The van der Waals surface area contributed by atoms with Gasteiger partial charge >= 0.3 is 0 Å². The lowest BCUT2D eigenvalue weighted by molar-refractivity contribution is 0.415. The smallest absolute Gasteiger partial charge is 0.119 e. The van der Waals surface area contributed by atoms with E-state index in [1.54, 1.807) is 7.11 Å². The predicted molar refractivity (Wildman–Crippen MR) is 81.6 cm³/mol. The molecule has 2 aromatic rings. The number of allylic oxidation sites excluding steroid dienone is 4. The molecule has 102 valence electrons. The summed E-state index contributed by atoms with van der Waals surface area (Å²) < 4.78 is 7.28. The summed E-state index contributed by atoms with van der Waals surface area (Å²) in [4.78, 5) is 0. The summed E-state index contributed by atoms with van der Waals surface area (Å²) >= 11 is 0. The van der Waals surface area contributed by atoms with Gasteiger partial charge < -0.3 is 4.74 Å². The number of rotatable bonds is 3. The molecule has 3 heteroatoms. The van der Waals surface area contributed by atoms with Crippen LogP contribution in [0.3, 0.4) is 0 Å². The molecule has 0 amide bonds. The van der Waals surface area contributed by atoms with Crippen LogP contribution < -0.4 is 4.74 Å². The molecular formula is C17H18N2O. The lowest BCUT2D eigenvalue weighted by Gasteiger charge is -2.08. The summed E-state index contributed by atoms with van der Waals surface area (Å²) in [5.74, 6) is 0.858. The molecule has 0 bridgehead atoms. The van der Waals surface area contributed by atoms with Crippen molar-refractivity contribution in [3.63, 3.8) is 0 Å². The Morgan fingerprint density at radius 2 is 2.20 bits per heavy atom. The maximum Gasteiger partial charge on any atom is 0.119 e. The number of hydrogen-bond acceptors (Lipinski definition) is 2. The van der Waals surface area contributed by atoms with Crippen LogP contribution in [-0.4, -0.2) is 16.9 Å². The lowest BCUT2D eigenvalue weighted by Crippen LogP contribution is -1.99. The Bertz CT molecular complexity index is 680. The summed E-state index contributed by atoms with van der Waals surface area (Å²) in [6.07, 6.45) is 10.6. The van der Waals surface area contributed by atoms with E-state index in [9.17, 15) is 0 Å². The summed E-state index contributed by atoms with van der Waals surface area (Å²) in [5, 5.41) is 4.74. The number of aromatic nitrogens is 2. The van der Waals surface area contributed by atoms with E-state index in [4.69, 9.17) is 9.84 Å². The summed E-state index contributed by atoms with van der Waals surface area (Å²) in [6.45, 7) is 2.09. The lowest BCUT2D eigenvalue weighted by atomic mass is 10.1. The van der Waals surface area contributed by atoms with Crippen molar-refractivity contribution in [1.29, 1.82) is 0 Å². The third kappa shape index (κ3) is 2.39. The Morgan fingerprint density at radius 3 is 2.95 bits per heavy atom. The maximum atomic E-state index is 5.28. The molecule has 0 saturated carbocycles. The van der Waals surface area contributed by atoms with Crippen LogP contribution in [0.2, 0.25) is 0 Å². The van der Waals surface area contributed by atoms with Crippen molar-refractivity contribution in [2.75, 3.05) is 7.11 Å². The Kier molecular flexibility index (Phi) is 3.42. The minimum Gasteiger partial charge on any atom is -0.497 e. The normalized spacial score (nSPS) is 14.2. The second kappa shape index (κ2) is 5.37. The minimum absolute atomic E-state index is 0.858. The first kappa shape index (κ1) is 12.7. The van der Waals surface area contributed by atoms with Crippen molar-refractivity contribution in [3.8, 4) is 17.0 Å². The number of ether oxygens (including phenoxy) is 1. The topological polar surface area (TPSA) is 27.1 Å². The van der Waals surface area contributed by atoms with Crippen LogP contribution >= 0.6 is 0 Å². The molecule has 0 unspecified atom stereocenters. The monoisotopic (exact) mass is 266 g/mol. The van der Waals surface area contributed by atoms with Crippen molar-refractivity contribution in [2.45, 2.75) is 19.8 Å². The fraction of sp³-hybridized carbons (Fsp3) is 0.235. The van der Waals surface area contributed by atoms with E-state index < -0.39 is 0 Å². The highest BCUT2D eigenvalue weighted by Crippen LogP contribution is 2.27. The molecule has 20 heavy (non-hydrogen) atoms. The first-order chi connectivity index (χ1) is 9.78. The van der Waals surface area contributed by atoms with Gasteiger partial charge in [0.2, 0.25) is 0 Å². The van der Waals surface area contributed by atoms with E-state index in [0.717, 1.165) is 29.8 Å². The molecule has 0 radical (unpaired) electrons. The largest absolute Gasteiger partial charge is 0.497 e. The number of methoxy groups -OCH3 is 1. The molecule has 1 heterocycles. The van der Waals surface area contributed by atoms with Crippen molar-refractivity contribution in [3.05, 3.63) is 54.3 Å². The fourth-order valence-corrected chi connectivity index (χ4v) is 2.44. The number of hydrogen-bond donors (Lipinski definition) is 0. The maximum absolute atomic E-state index is 5.28. The fourth-order valence-electron chi connectivity index (χ4n) is 2.44.